The number of halogens is 1. The summed E-state index contributed by atoms with van der Waals surface area (Å²) in [5.41, 5.74) is 4.41. The van der Waals surface area contributed by atoms with Gasteiger partial charge in [-0.2, -0.15) is 0 Å². The van der Waals surface area contributed by atoms with Gasteiger partial charge in [0.1, 0.15) is 27.5 Å². The Morgan fingerprint density at radius 3 is 2.65 bits per heavy atom. The molecule has 4 nitrogen and oxygen atoms in total. The molecule has 1 aliphatic carbocycles. The van der Waals surface area contributed by atoms with Crippen LogP contribution in [0, 0.1) is 5.82 Å². The highest BCUT2D eigenvalue weighted by Crippen LogP contribution is 2.53. The average molecular weight is 432 g/mol. The number of aldehydes is 1. The first kappa shape index (κ1) is 20.0. The lowest BCUT2D eigenvalue weighted by atomic mass is 9.92. The van der Waals surface area contributed by atoms with E-state index < -0.39 is 0 Å². The molecule has 2 aromatic carbocycles. The number of aromatic nitrogens is 2. The minimum absolute atomic E-state index is 0.00183. The van der Waals surface area contributed by atoms with Gasteiger partial charge in [0.05, 0.1) is 11.7 Å². The molecule has 0 amide bonds. The zero-order valence-electron chi connectivity index (χ0n) is 17.1. The van der Waals surface area contributed by atoms with E-state index in [2.05, 4.69) is 40.6 Å². The highest BCUT2D eigenvalue weighted by Gasteiger charge is 2.47. The predicted octanol–water partition coefficient (Wildman–Crippen LogP) is 5.25. The van der Waals surface area contributed by atoms with Gasteiger partial charge in [0.15, 0.2) is 0 Å². The Morgan fingerprint density at radius 1 is 1.13 bits per heavy atom. The van der Waals surface area contributed by atoms with Crippen LogP contribution in [0.2, 0.25) is 0 Å². The summed E-state index contributed by atoms with van der Waals surface area (Å²) >= 11 is 1.42. The lowest BCUT2D eigenvalue weighted by Gasteiger charge is -2.14. The number of benzene rings is 2. The van der Waals surface area contributed by atoms with Crippen molar-refractivity contribution in [2.45, 2.75) is 37.8 Å². The molecule has 2 heterocycles. The van der Waals surface area contributed by atoms with Gasteiger partial charge in [0.2, 0.25) is 0 Å². The van der Waals surface area contributed by atoms with Gasteiger partial charge >= 0.3 is 0 Å². The van der Waals surface area contributed by atoms with Crippen molar-refractivity contribution in [3.05, 3.63) is 83.3 Å². The maximum Gasteiger partial charge on any atom is 0.144 e. The number of carbonyl (C=O) groups is 1. The minimum Gasteiger partial charge on any atom is -0.304 e. The third-order valence-corrected chi connectivity index (χ3v) is 6.92. The summed E-state index contributed by atoms with van der Waals surface area (Å²) in [6.45, 7) is 2.20. The SMILES string of the molecule is C[C@H](C=O)NCc1ccc(-c2nc3ccc(C4(c5ccccc5)CC4)nc3s2)c(F)c1. The number of hydrogen-bond acceptors (Lipinski definition) is 5. The van der Waals surface area contributed by atoms with Gasteiger partial charge < -0.3 is 10.1 Å². The molecule has 6 heteroatoms. The molecular weight excluding hydrogens is 409 g/mol. The molecule has 0 radical (unpaired) electrons. The Balaban J connectivity index is 1.44. The topological polar surface area (TPSA) is 54.9 Å². The number of carbonyl (C=O) groups excluding carboxylic acids is 1. The summed E-state index contributed by atoms with van der Waals surface area (Å²) < 4.78 is 14.8. The molecule has 4 aromatic rings. The molecular formula is C25H22FN3OS. The fraction of sp³-hybridized carbons (Fsp3) is 0.240. The largest absolute Gasteiger partial charge is 0.304 e. The van der Waals surface area contributed by atoms with Crippen molar-refractivity contribution >= 4 is 28.0 Å². The van der Waals surface area contributed by atoms with Crippen molar-refractivity contribution in [1.82, 2.24) is 15.3 Å². The highest BCUT2D eigenvalue weighted by atomic mass is 32.1. The van der Waals surface area contributed by atoms with Crippen LogP contribution in [-0.2, 0) is 16.8 Å². The van der Waals surface area contributed by atoms with Crippen LogP contribution in [-0.4, -0.2) is 22.3 Å². The molecule has 0 aliphatic heterocycles. The zero-order valence-corrected chi connectivity index (χ0v) is 18.0. The number of rotatable bonds is 7. The lowest BCUT2D eigenvalue weighted by Crippen LogP contribution is -2.26. The Bertz CT molecular complexity index is 1250. The molecule has 2 aromatic heterocycles. The van der Waals surface area contributed by atoms with Gasteiger partial charge in [-0.3, -0.25) is 0 Å². The van der Waals surface area contributed by atoms with Crippen molar-refractivity contribution in [2.75, 3.05) is 0 Å². The van der Waals surface area contributed by atoms with E-state index in [1.165, 1.54) is 23.0 Å². The first-order chi connectivity index (χ1) is 15.1. The van der Waals surface area contributed by atoms with Gasteiger partial charge in [-0.1, -0.05) is 47.7 Å². The molecule has 0 bridgehead atoms. The minimum atomic E-state index is -0.319. The number of hydrogen-bond donors (Lipinski definition) is 1. The first-order valence-corrected chi connectivity index (χ1v) is 11.2. The van der Waals surface area contributed by atoms with Crippen LogP contribution in [0.25, 0.3) is 20.9 Å². The van der Waals surface area contributed by atoms with Gasteiger partial charge in [0, 0.05) is 17.5 Å². The number of nitrogens with zero attached hydrogens (tertiary/aromatic N) is 2. The van der Waals surface area contributed by atoms with Crippen LogP contribution in [0.15, 0.2) is 60.7 Å². The van der Waals surface area contributed by atoms with E-state index in [1.54, 1.807) is 13.0 Å². The summed E-state index contributed by atoms with van der Waals surface area (Å²) in [5, 5.41) is 3.67. The first-order valence-electron chi connectivity index (χ1n) is 10.4. The van der Waals surface area contributed by atoms with Crippen LogP contribution in [0.1, 0.15) is 36.6 Å². The summed E-state index contributed by atoms with van der Waals surface area (Å²) in [6, 6.07) is 19.4. The van der Waals surface area contributed by atoms with E-state index in [9.17, 15) is 9.18 Å². The molecule has 1 N–H and O–H groups in total. The quantitative estimate of drug-likeness (QED) is 0.406. The Kier molecular flexibility index (Phi) is 5.12. The molecule has 5 rings (SSSR count). The lowest BCUT2D eigenvalue weighted by molar-refractivity contribution is -0.109. The number of fused-ring (bicyclic) bond motifs is 1. The highest BCUT2D eigenvalue weighted by molar-refractivity contribution is 7.21. The molecule has 0 unspecified atom stereocenters. The second-order valence-electron chi connectivity index (χ2n) is 8.11. The maximum atomic E-state index is 14.8. The van der Waals surface area contributed by atoms with E-state index in [0.29, 0.717) is 17.1 Å². The molecule has 31 heavy (non-hydrogen) atoms. The van der Waals surface area contributed by atoms with Gasteiger partial charge in [0.25, 0.3) is 0 Å². The standard InChI is InChI=1S/C25H22FN3OS/c1-16(15-30)27-14-17-7-8-19(20(26)13-17)23-28-21-9-10-22(29-24(21)31-23)25(11-12-25)18-5-3-2-4-6-18/h2-10,13,15-16,27H,11-12,14H2,1H3/t16-/m1/s1. The molecule has 1 saturated carbocycles. The number of thiazole rings is 1. The molecule has 0 spiro atoms. The van der Waals surface area contributed by atoms with E-state index in [0.717, 1.165) is 40.7 Å². The maximum absolute atomic E-state index is 14.8. The normalized spacial score (nSPS) is 15.7. The van der Waals surface area contributed by atoms with Gasteiger partial charge in [-0.05, 0) is 55.2 Å². The summed E-state index contributed by atoms with van der Waals surface area (Å²) in [5.74, 6) is -0.319. The monoisotopic (exact) mass is 431 g/mol. The van der Waals surface area contributed by atoms with Crippen LogP contribution in [0.5, 0.6) is 0 Å². The smallest absolute Gasteiger partial charge is 0.144 e. The van der Waals surface area contributed by atoms with Gasteiger partial charge in [-0.25, -0.2) is 14.4 Å². The fourth-order valence-electron chi connectivity index (χ4n) is 3.94. The molecule has 1 atom stereocenters. The van der Waals surface area contributed by atoms with Crippen LogP contribution >= 0.6 is 11.3 Å². The Labute approximate surface area is 184 Å². The van der Waals surface area contributed by atoms with Crippen molar-refractivity contribution < 1.29 is 9.18 Å². The zero-order chi connectivity index (χ0) is 21.4. The third kappa shape index (κ3) is 3.77. The fourth-order valence-corrected chi connectivity index (χ4v) is 4.91. The summed E-state index contributed by atoms with van der Waals surface area (Å²) in [4.78, 5) is 21.1. The Hall–Kier alpha value is -2.96. The van der Waals surface area contributed by atoms with E-state index in [4.69, 9.17) is 4.98 Å². The van der Waals surface area contributed by atoms with Crippen LogP contribution < -0.4 is 5.32 Å². The molecule has 1 fully saturated rings. The van der Waals surface area contributed by atoms with Crippen molar-refractivity contribution in [3.8, 4) is 10.6 Å². The predicted molar refractivity (Wildman–Crippen MR) is 122 cm³/mol. The van der Waals surface area contributed by atoms with Crippen molar-refractivity contribution in [1.29, 1.82) is 0 Å². The van der Waals surface area contributed by atoms with Crippen molar-refractivity contribution in [2.24, 2.45) is 0 Å². The van der Waals surface area contributed by atoms with Crippen molar-refractivity contribution in [3.63, 3.8) is 0 Å². The summed E-state index contributed by atoms with van der Waals surface area (Å²) in [6.07, 6.45) is 3.01. The molecule has 0 saturated heterocycles. The number of nitrogens with one attached hydrogen (secondary N) is 1. The second kappa shape index (κ2) is 7.94. The van der Waals surface area contributed by atoms with E-state index in [-0.39, 0.29) is 17.3 Å². The van der Waals surface area contributed by atoms with Gasteiger partial charge in [-0.15, -0.1) is 0 Å². The van der Waals surface area contributed by atoms with E-state index in [1.807, 2.05) is 18.2 Å². The second-order valence-corrected chi connectivity index (χ2v) is 9.09. The van der Waals surface area contributed by atoms with Crippen LogP contribution in [0.4, 0.5) is 4.39 Å². The molecule has 156 valence electrons. The van der Waals surface area contributed by atoms with E-state index >= 15 is 0 Å². The third-order valence-electron chi connectivity index (χ3n) is 5.92. The number of pyridine rings is 1. The Morgan fingerprint density at radius 2 is 1.94 bits per heavy atom. The molecule has 1 aliphatic rings. The van der Waals surface area contributed by atoms with Crippen LogP contribution in [0.3, 0.4) is 0 Å². The average Bonchev–Trinajstić information content (AvgIpc) is 3.51. The summed E-state index contributed by atoms with van der Waals surface area (Å²) in [7, 11) is 0.